The Hall–Kier alpha value is -1.60. The summed E-state index contributed by atoms with van der Waals surface area (Å²) in [5.74, 6) is -1.54. The average Bonchev–Trinajstić information content (AvgIpc) is 3.39. The van der Waals surface area contributed by atoms with E-state index in [2.05, 4.69) is 17.1 Å². The van der Waals surface area contributed by atoms with Crippen molar-refractivity contribution in [2.45, 2.75) is 87.1 Å². The summed E-state index contributed by atoms with van der Waals surface area (Å²) in [6, 6.07) is 6.89. The van der Waals surface area contributed by atoms with Crippen molar-refractivity contribution < 1.29 is 38.7 Å². The molecule has 0 aromatic heterocycles. The average molecular weight is 666 g/mol. The number of hydrogen-bond acceptors (Lipinski definition) is 9. The third kappa shape index (κ3) is 3.67. The van der Waals surface area contributed by atoms with Gasteiger partial charge in [-0.05, 0) is 44.4 Å². The molecule has 1 aromatic rings. The molecule has 43 heavy (non-hydrogen) atoms. The maximum atomic E-state index is 14.0. The van der Waals surface area contributed by atoms with Gasteiger partial charge < -0.3 is 34.5 Å². The molecule has 6 fully saturated rings. The van der Waals surface area contributed by atoms with Gasteiger partial charge >= 0.3 is 5.97 Å². The largest absolute Gasteiger partial charge is 0.454 e. The van der Waals surface area contributed by atoms with Crippen LogP contribution in [0.25, 0.3) is 0 Å². The van der Waals surface area contributed by atoms with Gasteiger partial charge in [-0.15, -0.1) is 17.0 Å². The highest BCUT2D eigenvalue weighted by molar-refractivity contribution is 8.93. The molecule has 238 valence electrons. The van der Waals surface area contributed by atoms with E-state index in [1.807, 2.05) is 0 Å². The van der Waals surface area contributed by atoms with Gasteiger partial charge in [0, 0.05) is 76.3 Å². The Morgan fingerprint density at radius 1 is 1.07 bits per heavy atom. The molecule has 1 amide bonds. The lowest BCUT2D eigenvalue weighted by atomic mass is 9.44. The predicted molar refractivity (Wildman–Crippen MR) is 162 cm³/mol. The van der Waals surface area contributed by atoms with E-state index in [0.29, 0.717) is 56.4 Å². The van der Waals surface area contributed by atoms with Crippen LogP contribution in [0.3, 0.4) is 0 Å². The number of anilines is 1. The number of benzene rings is 1. The van der Waals surface area contributed by atoms with Gasteiger partial charge in [0.15, 0.2) is 0 Å². The second-order valence-corrected chi connectivity index (χ2v) is 13.7. The van der Waals surface area contributed by atoms with Gasteiger partial charge in [-0.25, -0.2) is 4.79 Å². The van der Waals surface area contributed by atoms with Crippen molar-refractivity contribution >= 4 is 34.5 Å². The predicted octanol–water partition coefficient (Wildman–Crippen LogP) is 2.80. The molecular formula is C32H45BrN2O8. The SMILES string of the molecule is Br.CCN1C[C@]2(OC(=O)c3ccccc3NC(C)=O)CC[C@H](OC)C34[C@H]1C(C[C@@H]32)[C@@]1(O)CC(OC)[C@H]2C[C@@H]4C1(O)[C@H]2OC. The minimum atomic E-state index is -1.48. The fraction of sp³-hybridized carbons (Fsp3) is 0.750. The number of likely N-dealkylation sites (tertiary alicyclic amines) is 1. The normalized spacial score (nSPS) is 47.0. The quantitative estimate of drug-likeness (QED) is 0.377. The molecule has 1 saturated heterocycles. The number of fused-ring (bicyclic) bond motifs is 2. The summed E-state index contributed by atoms with van der Waals surface area (Å²) >= 11 is 0. The summed E-state index contributed by atoms with van der Waals surface area (Å²) < 4.78 is 25.1. The van der Waals surface area contributed by atoms with E-state index in [1.165, 1.54) is 6.92 Å². The van der Waals surface area contributed by atoms with E-state index in [4.69, 9.17) is 18.9 Å². The lowest BCUT2D eigenvalue weighted by molar-refractivity contribution is -0.337. The molecule has 1 spiro atoms. The van der Waals surface area contributed by atoms with Crippen LogP contribution >= 0.6 is 17.0 Å². The van der Waals surface area contributed by atoms with Crippen LogP contribution in [0.1, 0.15) is 56.3 Å². The van der Waals surface area contributed by atoms with Crippen LogP contribution < -0.4 is 5.32 Å². The van der Waals surface area contributed by atoms with E-state index < -0.39 is 34.3 Å². The number of carbonyl (C=O) groups is 2. The highest BCUT2D eigenvalue weighted by Crippen LogP contribution is 2.79. The van der Waals surface area contributed by atoms with Gasteiger partial charge in [0.25, 0.3) is 0 Å². The van der Waals surface area contributed by atoms with Crippen molar-refractivity contribution in [3.8, 4) is 0 Å². The van der Waals surface area contributed by atoms with Gasteiger partial charge in [-0.3, -0.25) is 9.69 Å². The first kappa shape index (κ1) is 31.4. The summed E-state index contributed by atoms with van der Waals surface area (Å²) in [6.07, 6.45) is 1.91. The first-order valence-corrected chi connectivity index (χ1v) is 15.4. The fourth-order valence-electron chi connectivity index (χ4n) is 11.6. The standard InChI is InChI=1S/C32H44N2O8.BrH/c1-6-34-16-29(42-28(36)18-9-7-8-10-21(18)33-17(2)35)12-11-25(40-4)31-23(29)14-20(26(31)34)30(37)15-22(39-3)19-13-24(31)32(30,38)27(19)41-5;/h7-10,19-20,22-27,37-38H,6,11-16H2,1-5H3,(H,33,35);1H/t19-,20?,22?,23-,24+,25+,26-,27+,29-,30+,31?,32?;/m1./s1. The van der Waals surface area contributed by atoms with Gasteiger partial charge in [0.1, 0.15) is 16.8 Å². The van der Waals surface area contributed by atoms with Crippen molar-refractivity contribution in [3.63, 3.8) is 0 Å². The molecule has 11 heteroatoms. The Morgan fingerprint density at radius 2 is 1.81 bits per heavy atom. The summed E-state index contributed by atoms with van der Waals surface area (Å²) in [6.45, 7) is 4.79. The molecule has 12 atom stereocenters. The molecule has 1 aromatic carbocycles. The molecule has 1 aliphatic heterocycles. The minimum Gasteiger partial charge on any atom is -0.454 e. The monoisotopic (exact) mass is 664 g/mol. The van der Waals surface area contributed by atoms with Crippen LogP contribution in [0.4, 0.5) is 5.69 Å². The number of carbonyl (C=O) groups excluding carboxylic acids is 2. The van der Waals surface area contributed by atoms with Gasteiger partial charge in [0.2, 0.25) is 5.91 Å². The van der Waals surface area contributed by atoms with Crippen LogP contribution in [0.5, 0.6) is 0 Å². The first-order valence-electron chi connectivity index (χ1n) is 15.4. The molecule has 3 N–H and O–H groups in total. The number of para-hydroxylation sites is 1. The molecule has 7 rings (SSSR count). The second kappa shape index (κ2) is 10.5. The van der Waals surface area contributed by atoms with Crippen molar-refractivity contribution in [2.24, 2.45) is 29.1 Å². The fourth-order valence-corrected chi connectivity index (χ4v) is 11.6. The summed E-state index contributed by atoms with van der Waals surface area (Å²) in [4.78, 5) is 28.3. The highest BCUT2D eigenvalue weighted by Gasteiger charge is 2.89. The zero-order valence-corrected chi connectivity index (χ0v) is 27.3. The molecule has 6 aliphatic rings. The molecule has 1 heterocycles. The van der Waals surface area contributed by atoms with Crippen LogP contribution in [0.15, 0.2) is 24.3 Å². The number of aliphatic hydroxyl groups is 2. The number of piperidine rings is 1. The molecule has 0 radical (unpaired) electrons. The number of nitrogens with zero attached hydrogens (tertiary/aromatic N) is 1. The molecule has 5 aliphatic carbocycles. The Bertz CT molecular complexity index is 1300. The lowest BCUT2D eigenvalue weighted by Gasteiger charge is -2.70. The highest BCUT2D eigenvalue weighted by atomic mass is 79.9. The number of halogens is 1. The minimum absolute atomic E-state index is 0. The summed E-state index contributed by atoms with van der Waals surface area (Å²) in [5.41, 5.74) is -3.57. The molecule has 5 saturated carbocycles. The van der Waals surface area contributed by atoms with E-state index in [0.717, 1.165) is 0 Å². The number of amides is 1. The zero-order valence-electron chi connectivity index (χ0n) is 25.6. The van der Waals surface area contributed by atoms with Crippen molar-refractivity contribution in [3.05, 3.63) is 29.8 Å². The third-order valence-corrected chi connectivity index (χ3v) is 12.6. The summed E-state index contributed by atoms with van der Waals surface area (Å²) in [7, 11) is 5.05. The third-order valence-electron chi connectivity index (χ3n) is 12.6. The number of rotatable bonds is 7. The second-order valence-electron chi connectivity index (χ2n) is 13.7. The smallest absolute Gasteiger partial charge is 0.340 e. The van der Waals surface area contributed by atoms with E-state index in [-0.39, 0.29) is 64.8 Å². The number of likely N-dealkylation sites (N-methyl/N-ethyl adjacent to an activating group) is 1. The van der Waals surface area contributed by atoms with Crippen molar-refractivity contribution in [1.29, 1.82) is 0 Å². The Morgan fingerprint density at radius 3 is 2.47 bits per heavy atom. The van der Waals surface area contributed by atoms with Crippen molar-refractivity contribution in [1.82, 2.24) is 4.90 Å². The number of esters is 1. The van der Waals surface area contributed by atoms with Gasteiger partial charge in [-0.1, -0.05) is 19.1 Å². The maximum absolute atomic E-state index is 14.0. The lowest BCUT2D eigenvalue weighted by Crippen LogP contribution is -2.83. The number of hydrogen-bond donors (Lipinski definition) is 3. The van der Waals surface area contributed by atoms with E-state index >= 15 is 0 Å². The zero-order chi connectivity index (χ0) is 29.8. The Labute approximate surface area is 263 Å². The van der Waals surface area contributed by atoms with Crippen molar-refractivity contribution in [2.75, 3.05) is 39.7 Å². The molecular weight excluding hydrogens is 620 g/mol. The molecule has 7 bridgehead atoms. The molecule has 10 nitrogen and oxygen atoms in total. The first-order chi connectivity index (χ1) is 20.1. The van der Waals surface area contributed by atoms with E-state index in [1.54, 1.807) is 45.6 Å². The number of nitrogens with one attached hydrogen (secondary N) is 1. The Balaban J connectivity index is 0.00000329. The number of ether oxygens (including phenoxy) is 4. The maximum Gasteiger partial charge on any atom is 0.340 e. The van der Waals surface area contributed by atoms with Crippen LogP contribution in [0, 0.1) is 29.1 Å². The van der Waals surface area contributed by atoms with Crippen LogP contribution in [-0.4, -0.2) is 103 Å². The Kier molecular flexibility index (Phi) is 7.64. The van der Waals surface area contributed by atoms with Crippen LogP contribution in [-0.2, 0) is 23.7 Å². The van der Waals surface area contributed by atoms with Gasteiger partial charge in [0.05, 0.1) is 29.6 Å². The topological polar surface area (TPSA) is 127 Å². The van der Waals surface area contributed by atoms with Gasteiger partial charge in [-0.2, -0.15) is 0 Å². The van der Waals surface area contributed by atoms with Crippen LogP contribution in [0.2, 0.25) is 0 Å². The number of methoxy groups -OCH3 is 3. The summed E-state index contributed by atoms with van der Waals surface area (Å²) in [5, 5.41) is 28.4. The molecule has 4 unspecified atom stereocenters. The van der Waals surface area contributed by atoms with E-state index in [9.17, 15) is 19.8 Å².